The van der Waals surface area contributed by atoms with Crippen molar-refractivity contribution < 1.29 is 0 Å². The average molecular weight is 469 g/mol. The number of hydrogen-bond donors (Lipinski definition) is 1. The monoisotopic (exact) mass is 468 g/mol. The predicted octanol–water partition coefficient (Wildman–Crippen LogP) is 5.05. The summed E-state index contributed by atoms with van der Waals surface area (Å²) in [4.78, 5) is 16.3. The molecule has 1 aliphatic heterocycles. The molecule has 0 amide bonds. The van der Waals surface area contributed by atoms with E-state index in [1.807, 2.05) is 60.9 Å². The summed E-state index contributed by atoms with van der Waals surface area (Å²) in [7, 11) is 0. The average Bonchev–Trinajstić information content (AvgIpc) is 3.57. The standard InChI is InChI=1S/C25H20N6S2/c32-24-29-22(19-10-4-6-14-27-19)23(31(24)16-17-8-3-5-13-26-17)20-11-7-15-30(20)25-28-18-9-1-2-12-21(18)33-25/h1-15,22-23H,16H2,(H,29,32)/t22-,23-/m1/s1. The van der Waals surface area contributed by atoms with Gasteiger partial charge in [0, 0.05) is 18.6 Å². The summed E-state index contributed by atoms with van der Waals surface area (Å²) in [5, 5.41) is 5.15. The largest absolute Gasteiger partial charge is 0.352 e. The molecule has 1 fully saturated rings. The molecule has 1 saturated heterocycles. The molecule has 5 heterocycles. The minimum Gasteiger partial charge on any atom is -0.352 e. The molecule has 0 saturated carbocycles. The van der Waals surface area contributed by atoms with Crippen molar-refractivity contribution >= 4 is 38.9 Å². The van der Waals surface area contributed by atoms with Crippen LogP contribution in [0.25, 0.3) is 15.3 Å². The van der Waals surface area contributed by atoms with E-state index in [9.17, 15) is 0 Å². The van der Waals surface area contributed by atoms with Gasteiger partial charge in [0.1, 0.15) is 0 Å². The van der Waals surface area contributed by atoms with E-state index < -0.39 is 0 Å². The second kappa shape index (κ2) is 8.38. The number of thiocarbonyl (C=S) groups is 1. The number of rotatable bonds is 5. The van der Waals surface area contributed by atoms with Gasteiger partial charge < -0.3 is 10.2 Å². The van der Waals surface area contributed by atoms with Crippen LogP contribution in [0.2, 0.25) is 0 Å². The maximum Gasteiger partial charge on any atom is 0.194 e. The first-order valence-corrected chi connectivity index (χ1v) is 11.9. The molecule has 1 aliphatic rings. The Labute approximate surface area is 200 Å². The fourth-order valence-electron chi connectivity index (χ4n) is 4.34. The fourth-order valence-corrected chi connectivity index (χ4v) is 5.61. The summed E-state index contributed by atoms with van der Waals surface area (Å²) < 4.78 is 3.34. The molecule has 0 unspecified atom stereocenters. The molecule has 5 aromatic rings. The van der Waals surface area contributed by atoms with Gasteiger partial charge in [-0.05, 0) is 60.7 Å². The lowest BCUT2D eigenvalue weighted by Crippen LogP contribution is -2.30. The van der Waals surface area contributed by atoms with Crippen LogP contribution >= 0.6 is 23.6 Å². The topological polar surface area (TPSA) is 58.9 Å². The van der Waals surface area contributed by atoms with Gasteiger partial charge in [-0.3, -0.25) is 14.5 Å². The van der Waals surface area contributed by atoms with Gasteiger partial charge in [0.25, 0.3) is 0 Å². The molecule has 162 valence electrons. The number of fused-ring (bicyclic) bond motifs is 1. The van der Waals surface area contributed by atoms with Crippen molar-refractivity contribution in [1.29, 1.82) is 0 Å². The Balaban J connectivity index is 1.46. The van der Waals surface area contributed by atoms with Gasteiger partial charge in [0.2, 0.25) is 0 Å². The summed E-state index contributed by atoms with van der Waals surface area (Å²) in [6.07, 6.45) is 5.71. The molecule has 0 aliphatic carbocycles. The summed E-state index contributed by atoms with van der Waals surface area (Å²) in [6.45, 7) is 0.603. The number of para-hydroxylation sites is 1. The Hall–Kier alpha value is -3.62. The maximum atomic E-state index is 5.82. The second-order valence-corrected chi connectivity index (χ2v) is 9.24. The Morgan fingerprint density at radius 2 is 1.73 bits per heavy atom. The van der Waals surface area contributed by atoms with E-state index in [-0.39, 0.29) is 12.1 Å². The highest BCUT2D eigenvalue weighted by Crippen LogP contribution is 2.40. The summed E-state index contributed by atoms with van der Waals surface area (Å²) >= 11 is 7.50. The van der Waals surface area contributed by atoms with E-state index in [2.05, 4.69) is 55.2 Å². The number of pyridine rings is 2. The molecular formula is C25H20N6S2. The third-order valence-corrected chi connectivity index (χ3v) is 7.22. The zero-order valence-corrected chi connectivity index (χ0v) is 19.2. The van der Waals surface area contributed by atoms with Crippen molar-refractivity contribution in [2.75, 3.05) is 0 Å². The van der Waals surface area contributed by atoms with Gasteiger partial charge in [-0.25, -0.2) is 4.98 Å². The van der Waals surface area contributed by atoms with Crippen molar-refractivity contribution in [2.24, 2.45) is 0 Å². The van der Waals surface area contributed by atoms with E-state index in [4.69, 9.17) is 17.2 Å². The Morgan fingerprint density at radius 1 is 0.909 bits per heavy atom. The number of nitrogens with zero attached hydrogens (tertiary/aromatic N) is 5. The lowest BCUT2D eigenvalue weighted by molar-refractivity contribution is 0.299. The van der Waals surface area contributed by atoms with Gasteiger partial charge in [-0.2, -0.15) is 0 Å². The maximum absolute atomic E-state index is 5.82. The number of thiazole rings is 1. The smallest absolute Gasteiger partial charge is 0.194 e. The first-order valence-electron chi connectivity index (χ1n) is 10.7. The quantitative estimate of drug-likeness (QED) is 0.364. The van der Waals surface area contributed by atoms with Crippen LogP contribution in [0.15, 0.2) is 91.4 Å². The molecule has 0 radical (unpaired) electrons. The fraction of sp³-hybridized carbons (Fsp3) is 0.120. The van der Waals surface area contributed by atoms with E-state index in [0.29, 0.717) is 11.7 Å². The van der Waals surface area contributed by atoms with Crippen LogP contribution in [-0.2, 0) is 6.54 Å². The third kappa shape index (κ3) is 3.67. The minimum absolute atomic E-state index is 0.0728. The molecule has 1 N–H and O–H groups in total. The van der Waals surface area contributed by atoms with Gasteiger partial charge >= 0.3 is 0 Å². The first-order chi connectivity index (χ1) is 16.3. The normalized spacial score (nSPS) is 18.1. The summed E-state index contributed by atoms with van der Waals surface area (Å²) in [5.41, 5.74) is 4.02. The molecule has 6 rings (SSSR count). The zero-order valence-electron chi connectivity index (χ0n) is 17.6. The number of aromatic nitrogens is 4. The molecular weight excluding hydrogens is 448 g/mol. The molecule has 6 nitrogen and oxygen atoms in total. The lowest BCUT2D eigenvalue weighted by Gasteiger charge is -2.28. The van der Waals surface area contributed by atoms with Crippen LogP contribution in [0.3, 0.4) is 0 Å². The second-order valence-electron chi connectivity index (χ2n) is 7.84. The number of nitrogens with one attached hydrogen (secondary N) is 1. The highest BCUT2D eigenvalue weighted by molar-refractivity contribution is 7.80. The highest BCUT2D eigenvalue weighted by atomic mass is 32.1. The van der Waals surface area contributed by atoms with Gasteiger partial charge in [-0.15, -0.1) is 0 Å². The molecule has 4 aromatic heterocycles. The Morgan fingerprint density at radius 3 is 2.52 bits per heavy atom. The van der Waals surface area contributed by atoms with Crippen molar-refractivity contribution in [1.82, 2.24) is 29.7 Å². The highest BCUT2D eigenvalue weighted by Gasteiger charge is 2.41. The summed E-state index contributed by atoms with van der Waals surface area (Å²) in [5.74, 6) is 0. The summed E-state index contributed by atoms with van der Waals surface area (Å²) in [6, 6.07) is 24.2. The number of hydrogen-bond acceptors (Lipinski definition) is 5. The van der Waals surface area contributed by atoms with Crippen molar-refractivity contribution in [2.45, 2.75) is 18.6 Å². The molecule has 0 bridgehead atoms. The van der Waals surface area contributed by atoms with Gasteiger partial charge in [0.15, 0.2) is 10.2 Å². The molecule has 33 heavy (non-hydrogen) atoms. The van der Waals surface area contributed by atoms with Gasteiger partial charge in [-0.1, -0.05) is 35.6 Å². The van der Waals surface area contributed by atoms with Crippen LogP contribution in [0.5, 0.6) is 0 Å². The third-order valence-electron chi connectivity index (χ3n) is 5.83. The van der Waals surface area contributed by atoms with E-state index >= 15 is 0 Å². The van der Waals surface area contributed by atoms with Crippen LogP contribution in [0.1, 0.15) is 29.2 Å². The van der Waals surface area contributed by atoms with Crippen molar-refractivity contribution in [3.63, 3.8) is 0 Å². The van der Waals surface area contributed by atoms with Crippen molar-refractivity contribution in [3.8, 4) is 5.13 Å². The van der Waals surface area contributed by atoms with E-state index in [1.54, 1.807) is 11.3 Å². The number of benzene rings is 1. The lowest BCUT2D eigenvalue weighted by atomic mass is 10.0. The molecule has 2 atom stereocenters. The van der Waals surface area contributed by atoms with Crippen LogP contribution in [0.4, 0.5) is 0 Å². The SMILES string of the molecule is S=C1N[C@H](c2ccccn2)[C@@H](c2cccn2-c2nc3ccccc3s2)N1Cc1ccccn1. The predicted molar refractivity (Wildman–Crippen MR) is 134 cm³/mol. The van der Waals surface area contributed by atoms with Crippen LogP contribution in [0, 0.1) is 0 Å². The molecule has 1 aromatic carbocycles. The van der Waals surface area contributed by atoms with Gasteiger partial charge in [0.05, 0.1) is 45.9 Å². The van der Waals surface area contributed by atoms with Crippen LogP contribution < -0.4 is 5.32 Å². The van der Waals surface area contributed by atoms with E-state index in [1.165, 1.54) is 4.70 Å². The van der Waals surface area contributed by atoms with E-state index in [0.717, 1.165) is 27.7 Å². The molecule has 8 heteroatoms. The Bertz CT molecular complexity index is 1380. The first kappa shape index (κ1) is 20.0. The zero-order chi connectivity index (χ0) is 22.2. The Kier molecular flexibility index (Phi) is 5.09. The minimum atomic E-state index is -0.0922. The molecule has 0 spiro atoms. The van der Waals surface area contributed by atoms with Crippen molar-refractivity contribution in [3.05, 3.63) is 108 Å². The van der Waals surface area contributed by atoms with Crippen LogP contribution in [-0.4, -0.2) is 29.5 Å².